The molecule has 4 nitrogen and oxygen atoms in total. The van der Waals surface area contributed by atoms with E-state index in [0.29, 0.717) is 0 Å². The van der Waals surface area contributed by atoms with Crippen LogP contribution in [0.1, 0.15) is 35.2 Å². The number of anilines is 1. The Bertz CT molecular complexity index is 467. The van der Waals surface area contributed by atoms with Gasteiger partial charge in [0.05, 0.1) is 11.3 Å². The number of hydrogen-bond donors (Lipinski definition) is 2. The van der Waals surface area contributed by atoms with Crippen molar-refractivity contribution >= 4 is 11.6 Å². The van der Waals surface area contributed by atoms with Crippen molar-refractivity contribution in [2.45, 2.75) is 31.7 Å². The predicted molar refractivity (Wildman–Crippen MR) is 74.6 cm³/mol. The second-order valence-electron chi connectivity index (χ2n) is 5.23. The van der Waals surface area contributed by atoms with E-state index in [4.69, 9.17) is 4.74 Å². The zero-order valence-corrected chi connectivity index (χ0v) is 11.1. The largest absolute Gasteiger partial charge is 0.384 e. The molecule has 2 aliphatic rings. The molecule has 0 aliphatic carbocycles. The molecular weight excluding hydrogens is 240 g/mol. The van der Waals surface area contributed by atoms with Crippen LogP contribution in [0, 0.1) is 0 Å². The van der Waals surface area contributed by atoms with Gasteiger partial charge in [0.1, 0.15) is 0 Å². The van der Waals surface area contributed by atoms with E-state index < -0.39 is 0 Å². The number of carbonyl (C=O) groups excluding carboxylic acids is 1. The van der Waals surface area contributed by atoms with Gasteiger partial charge >= 0.3 is 0 Å². The van der Waals surface area contributed by atoms with Crippen LogP contribution in [0.25, 0.3) is 0 Å². The minimum atomic E-state index is 0.0400. The molecule has 2 N–H and O–H groups in total. The van der Waals surface area contributed by atoms with Gasteiger partial charge < -0.3 is 15.4 Å². The van der Waals surface area contributed by atoms with Crippen LogP contribution < -0.4 is 10.6 Å². The molecule has 3 rings (SSSR count). The molecule has 2 heterocycles. The standard InChI is InChI=1S/C15H20N2O2/c18-15(17-12-6-9-19-10-7-12)13-5-1-3-11-4-2-8-16-14(11)13/h1,3,5,12,16H,2,4,6-10H2,(H,17,18). The first-order valence-electron chi connectivity index (χ1n) is 7.09. The number of hydrogen-bond acceptors (Lipinski definition) is 3. The average Bonchev–Trinajstić information content (AvgIpc) is 2.47. The third-order valence-corrected chi connectivity index (χ3v) is 3.88. The number of amides is 1. The third kappa shape index (κ3) is 2.73. The number of para-hydroxylation sites is 1. The fraction of sp³-hybridized carbons (Fsp3) is 0.533. The number of ether oxygens (including phenoxy) is 1. The molecule has 2 aliphatic heterocycles. The molecule has 0 atom stereocenters. The number of aryl methyl sites for hydroxylation is 1. The molecule has 102 valence electrons. The number of rotatable bonds is 2. The van der Waals surface area contributed by atoms with Crippen molar-refractivity contribution in [1.29, 1.82) is 0 Å². The normalized spacial score (nSPS) is 19.4. The lowest BCUT2D eigenvalue weighted by molar-refractivity contribution is 0.0697. The van der Waals surface area contributed by atoms with Crippen molar-refractivity contribution in [3.63, 3.8) is 0 Å². The van der Waals surface area contributed by atoms with E-state index >= 15 is 0 Å². The van der Waals surface area contributed by atoms with E-state index in [1.54, 1.807) is 0 Å². The summed E-state index contributed by atoms with van der Waals surface area (Å²) in [7, 11) is 0. The molecule has 0 radical (unpaired) electrons. The smallest absolute Gasteiger partial charge is 0.253 e. The van der Waals surface area contributed by atoms with Crippen LogP contribution in [0.4, 0.5) is 5.69 Å². The van der Waals surface area contributed by atoms with Crippen molar-refractivity contribution in [3.05, 3.63) is 29.3 Å². The maximum atomic E-state index is 12.4. The summed E-state index contributed by atoms with van der Waals surface area (Å²) < 4.78 is 5.31. The molecule has 1 amide bonds. The summed E-state index contributed by atoms with van der Waals surface area (Å²) in [5, 5.41) is 6.49. The Morgan fingerprint density at radius 3 is 3.00 bits per heavy atom. The third-order valence-electron chi connectivity index (χ3n) is 3.88. The van der Waals surface area contributed by atoms with Crippen LogP contribution in [0.15, 0.2) is 18.2 Å². The predicted octanol–water partition coefficient (Wildman–Crippen LogP) is 1.95. The van der Waals surface area contributed by atoms with Crippen molar-refractivity contribution in [2.24, 2.45) is 0 Å². The molecule has 0 unspecified atom stereocenters. The lowest BCUT2D eigenvalue weighted by atomic mass is 9.98. The summed E-state index contributed by atoms with van der Waals surface area (Å²) in [5.41, 5.74) is 3.06. The van der Waals surface area contributed by atoms with Crippen LogP contribution in [0.3, 0.4) is 0 Å². The Morgan fingerprint density at radius 1 is 1.32 bits per heavy atom. The fourth-order valence-electron chi connectivity index (χ4n) is 2.80. The van der Waals surface area contributed by atoms with Gasteiger partial charge in [-0.15, -0.1) is 0 Å². The summed E-state index contributed by atoms with van der Waals surface area (Å²) in [6.45, 7) is 2.45. The minimum absolute atomic E-state index is 0.0400. The zero-order valence-electron chi connectivity index (χ0n) is 11.1. The van der Waals surface area contributed by atoms with Gasteiger partial charge in [-0.05, 0) is 37.3 Å². The summed E-state index contributed by atoms with van der Waals surface area (Å²) in [5.74, 6) is 0.0400. The highest BCUT2D eigenvalue weighted by atomic mass is 16.5. The molecule has 0 saturated carbocycles. The summed E-state index contributed by atoms with van der Waals surface area (Å²) in [6.07, 6.45) is 4.02. The Morgan fingerprint density at radius 2 is 2.16 bits per heavy atom. The lowest BCUT2D eigenvalue weighted by Crippen LogP contribution is -2.39. The van der Waals surface area contributed by atoms with E-state index in [0.717, 1.165) is 56.7 Å². The SMILES string of the molecule is O=C(NC1CCOCC1)c1cccc2c1NCCC2. The van der Waals surface area contributed by atoms with Crippen LogP contribution in [-0.2, 0) is 11.2 Å². The van der Waals surface area contributed by atoms with Gasteiger partial charge in [0, 0.05) is 25.8 Å². The Hall–Kier alpha value is -1.55. The van der Waals surface area contributed by atoms with Crippen molar-refractivity contribution in [1.82, 2.24) is 5.32 Å². The van der Waals surface area contributed by atoms with Crippen LogP contribution in [-0.4, -0.2) is 31.7 Å². The maximum Gasteiger partial charge on any atom is 0.253 e. The molecular formula is C15H20N2O2. The molecule has 0 spiro atoms. The summed E-state index contributed by atoms with van der Waals surface area (Å²) in [6, 6.07) is 6.24. The Labute approximate surface area is 113 Å². The van der Waals surface area contributed by atoms with Crippen molar-refractivity contribution < 1.29 is 9.53 Å². The number of nitrogens with one attached hydrogen (secondary N) is 2. The van der Waals surface area contributed by atoms with Gasteiger partial charge in [0.25, 0.3) is 5.91 Å². The lowest BCUT2D eigenvalue weighted by Gasteiger charge is -2.25. The molecule has 1 fully saturated rings. The summed E-state index contributed by atoms with van der Waals surface area (Å²) in [4.78, 5) is 12.4. The minimum Gasteiger partial charge on any atom is -0.384 e. The van der Waals surface area contributed by atoms with E-state index in [9.17, 15) is 4.79 Å². The monoisotopic (exact) mass is 260 g/mol. The first-order valence-corrected chi connectivity index (χ1v) is 7.09. The molecule has 0 bridgehead atoms. The number of benzene rings is 1. The first kappa shape index (κ1) is 12.5. The molecule has 1 aromatic rings. The number of fused-ring (bicyclic) bond motifs is 1. The highest BCUT2D eigenvalue weighted by molar-refractivity contribution is 6.00. The summed E-state index contributed by atoms with van der Waals surface area (Å²) >= 11 is 0. The quantitative estimate of drug-likeness (QED) is 0.854. The van der Waals surface area contributed by atoms with Gasteiger partial charge in [-0.1, -0.05) is 12.1 Å². The molecule has 19 heavy (non-hydrogen) atoms. The second-order valence-corrected chi connectivity index (χ2v) is 5.23. The zero-order chi connectivity index (χ0) is 13.1. The van der Waals surface area contributed by atoms with E-state index in [1.165, 1.54) is 5.56 Å². The van der Waals surface area contributed by atoms with E-state index in [1.807, 2.05) is 12.1 Å². The van der Waals surface area contributed by atoms with E-state index in [-0.39, 0.29) is 11.9 Å². The van der Waals surface area contributed by atoms with Crippen molar-refractivity contribution in [2.75, 3.05) is 25.1 Å². The van der Waals surface area contributed by atoms with Gasteiger partial charge in [-0.25, -0.2) is 0 Å². The van der Waals surface area contributed by atoms with Gasteiger partial charge in [-0.3, -0.25) is 4.79 Å². The topological polar surface area (TPSA) is 50.4 Å². The van der Waals surface area contributed by atoms with Crippen LogP contribution >= 0.6 is 0 Å². The van der Waals surface area contributed by atoms with E-state index in [2.05, 4.69) is 16.7 Å². The maximum absolute atomic E-state index is 12.4. The van der Waals surface area contributed by atoms with Gasteiger partial charge in [0.2, 0.25) is 0 Å². The highest BCUT2D eigenvalue weighted by Gasteiger charge is 2.21. The number of carbonyl (C=O) groups is 1. The highest BCUT2D eigenvalue weighted by Crippen LogP contribution is 2.26. The average molecular weight is 260 g/mol. The molecule has 1 saturated heterocycles. The molecule has 1 aromatic carbocycles. The Kier molecular flexibility index (Phi) is 3.69. The van der Waals surface area contributed by atoms with Crippen LogP contribution in [0.5, 0.6) is 0 Å². The molecule has 0 aromatic heterocycles. The van der Waals surface area contributed by atoms with Crippen LogP contribution in [0.2, 0.25) is 0 Å². The van der Waals surface area contributed by atoms with Crippen molar-refractivity contribution in [3.8, 4) is 0 Å². The van der Waals surface area contributed by atoms with Gasteiger partial charge in [-0.2, -0.15) is 0 Å². The first-order chi connectivity index (χ1) is 9.34. The Balaban J connectivity index is 1.75. The van der Waals surface area contributed by atoms with Gasteiger partial charge in [0.15, 0.2) is 0 Å². The second kappa shape index (κ2) is 5.61. The molecule has 4 heteroatoms. The fourth-order valence-corrected chi connectivity index (χ4v) is 2.80.